The molecule has 0 atom stereocenters. The van der Waals surface area contributed by atoms with Crippen LogP contribution in [-0.4, -0.2) is 57.6 Å². The summed E-state index contributed by atoms with van der Waals surface area (Å²) in [6.45, 7) is 6.22. The van der Waals surface area contributed by atoms with Gasteiger partial charge in [0.25, 0.3) is 11.8 Å². The van der Waals surface area contributed by atoms with Crippen LogP contribution < -0.4 is 0 Å². The first-order valence-corrected chi connectivity index (χ1v) is 11.3. The molecule has 32 heavy (non-hydrogen) atoms. The summed E-state index contributed by atoms with van der Waals surface area (Å²) in [5.74, 6) is 0.0121. The molecule has 2 aromatic carbocycles. The minimum atomic E-state index is -0.0172. The highest BCUT2D eigenvalue weighted by atomic mass is 16.2. The molecular weight excluding hydrogens is 400 g/mol. The number of fused-ring (bicyclic) bond motifs is 1. The van der Waals surface area contributed by atoms with Crippen LogP contribution in [0.15, 0.2) is 48.5 Å². The molecule has 3 aromatic rings. The lowest BCUT2D eigenvalue weighted by atomic mass is 10.1. The fourth-order valence-electron chi connectivity index (χ4n) is 4.65. The Balaban J connectivity index is 1.31. The van der Waals surface area contributed by atoms with Crippen LogP contribution in [0.4, 0.5) is 0 Å². The van der Waals surface area contributed by atoms with Gasteiger partial charge in [-0.1, -0.05) is 35.4 Å². The summed E-state index contributed by atoms with van der Waals surface area (Å²) < 4.78 is 1.95. The zero-order valence-corrected chi connectivity index (χ0v) is 18.7. The lowest BCUT2D eigenvalue weighted by molar-refractivity contribution is 0.0531. The van der Waals surface area contributed by atoms with Crippen molar-refractivity contribution in [2.24, 2.45) is 0 Å². The average Bonchev–Trinajstić information content (AvgIpc) is 3.43. The molecule has 1 fully saturated rings. The Morgan fingerprint density at radius 2 is 1.31 bits per heavy atom. The summed E-state index contributed by atoms with van der Waals surface area (Å²) in [6.07, 6.45) is 2.90. The molecule has 0 spiro atoms. The second-order valence-corrected chi connectivity index (χ2v) is 8.83. The summed E-state index contributed by atoms with van der Waals surface area (Å²) in [5, 5.41) is 4.76. The maximum Gasteiger partial charge on any atom is 0.274 e. The predicted molar refractivity (Wildman–Crippen MR) is 123 cm³/mol. The van der Waals surface area contributed by atoms with E-state index in [0.717, 1.165) is 41.8 Å². The Morgan fingerprint density at radius 1 is 0.750 bits per heavy atom. The van der Waals surface area contributed by atoms with E-state index in [1.807, 2.05) is 45.7 Å². The van der Waals surface area contributed by atoms with Crippen molar-refractivity contribution < 1.29 is 9.59 Å². The lowest BCUT2D eigenvalue weighted by Gasteiger charge is -2.34. The van der Waals surface area contributed by atoms with Crippen LogP contribution in [0.2, 0.25) is 0 Å². The smallest absolute Gasteiger partial charge is 0.274 e. The Bertz CT molecular complexity index is 1150. The number of amides is 2. The number of benzene rings is 2. The third-order valence-electron chi connectivity index (χ3n) is 6.56. The van der Waals surface area contributed by atoms with Gasteiger partial charge in [-0.15, -0.1) is 0 Å². The number of aromatic nitrogens is 2. The quantitative estimate of drug-likeness (QED) is 0.641. The topological polar surface area (TPSA) is 58.4 Å². The summed E-state index contributed by atoms with van der Waals surface area (Å²) in [6, 6.07) is 15.9. The fraction of sp³-hybridized carbons (Fsp3) is 0.346. The Morgan fingerprint density at radius 3 is 1.94 bits per heavy atom. The number of rotatable bonds is 3. The van der Waals surface area contributed by atoms with Gasteiger partial charge in [-0.2, -0.15) is 5.10 Å². The number of hydrogen-bond acceptors (Lipinski definition) is 3. The standard InChI is InChI=1S/C26H28N4O2/c1-18-6-10-20(11-7-18)25(31)28-14-16-29(17-15-28)26(32)24-22-4-3-5-23(22)30(27-24)21-12-8-19(2)9-13-21/h6-13H,3-5,14-17H2,1-2H3. The highest BCUT2D eigenvalue weighted by molar-refractivity contribution is 5.96. The summed E-state index contributed by atoms with van der Waals surface area (Å²) in [4.78, 5) is 29.9. The van der Waals surface area contributed by atoms with Crippen molar-refractivity contribution in [3.63, 3.8) is 0 Å². The summed E-state index contributed by atoms with van der Waals surface area (Å²) in [7, 11) is 0. The van der Waals surface area contributed by atoms with E-state index in [4.69, 9.17) is 5.10 Å². The van der Waals surface area contributed by atoms with Gasteiger partial charge in [-0.05, 0) is 57.4 Å². The van der Waals surface area contributed by atoms with Gasteiger partial charge in [0.15, 0.2) is 5.69 Å². The fourth-order valence-corrected chi connectivity index (χ4v) is 4.65. The molecule has 2 aliphatic rings. The molecule has 0 radical (unpaired) electrons. The lowest BCUT2D eigenvalue weighted by Crippen LogP contribution is -2.50. The monoisotopic (exact) mass is 428 g/mol. The van der Waals surface area contributed by atoms with E-state index in [9.17, 15) is 9.59 Å². The van der Waals surface area contributed by atoms with Crippen LogP contribution in [-0.2, 0) is 12.8 Å². The highest BCUT2D eigenvalue weighted by Gasteiger charge is 2.32. The van der Waals surface area contributed by atoms with Crippen LogP contribution >= 0.6 is 0 Å². The number of carbonyl (C=O) groups is 2. The van der Waals surface area contributed by atoms with Crippen molar-refractivity contribution >= 4 is 11.8 Å². The molecule has 1 aliphatic heterocycles. The molecule has 0 saturated carbocycles. The van der Waals surface area contributed by atoms with Crippen molar-refractivity contribution in [1.82, 2.24) is 19.6 Å². The Labute approximate surface area is 188 Å². The molecule has 1 saturated heterocycles. The molecule has 0 bridgehead atoms. The maximum absolute atomic E-state index is 13.4. The first kappa shape index (κ1) is 20.5. The van der Waals surface area contributed by atoms with Crippen LogP contribution in [0.25, 0.3) is 5.69 Å². The zero-order valence-electron chi connectivity index (χ0n) is 18.7. The van der Waals surface area contributed by atoms with Crippen molar-refractivity contribution in [2.75, 3.05) is 26.2 Å². The van der Waals surface area contributed by atoms with Crippen molar-refractivity contribution in [1.29, 1.82) is 0 Å². The Hall–Kier alpha value is -3.41. The number of aryl methyl sites for hydroxylation is 2. The second-order valence-electron chi connectivity index (χ2n) is 8.83. The van der Waals surface area contributed by atoms with Gasteiger partial charge in [0.1, 0.15) is 0 Å². The predicted octanol–water partition coefficient (Wildman–Crippen LogP) is 3.58. The first-order chi connectivity index (χ1) is 15.5. The number of piperazine rings is 1. The van der Waals surface area contributed by atoms with E-state index in [2.05, 4.69) is 31.2 Å². The highest BCUT2D eigenvalue weighted by Crippen LogP contribution is 2.29. The van der Waals surface area contributed by atoms with E-state index >= 15 is 0 Å². The van der Waals surface area contributed by atoms with E-state index in [0.29, 0.717) is 37.4 Å². The molecule has 0 N–H and O–H groups in total. The molecule has 5 rings (SSSR count). The summed E-state index contributed by atoms with van der Waals surface area (Å²) in [5.41, 5.74) is 6.86. The van der Waals surface area contributed by atoms with Gasteiger partial charge < -0.3 is 9.80 Å². The Kier molecular flexibility index (Phi) is 5.29. The minimum Gasteiger partial charge on any atom is -0.335 e. The van der Waals surface area contributed by atoms with Crippen molar-refractivity contribution in [3.05, 3.63) is 82.2 Å². The summed E-state index contributed by atoms with van der Waals surface area (Å²) >= 11 is 0. The van der Waals surface area contributed by atoms with Crippen LogP contribution in [0, 0.1) is 13.8 Å². The molecule has 1 aliphatic carbocycles. The van der Waals surface area contributed by atoms with E-state index in [1.54, 1.807) is 0 Å². The van der Waals surface area contributed by atoms with Gasteiger partial charge in [0.05, 0.1) is 5.69 Å². The molecule has 6 heteroatoms. The maximum atomic E-state index is 13.4. The van der Waals surface area contributed by atoms with Crippen LogP contribution in [0.1, 0.15) is 49.7 Å². The van der Waals surface area contributed by atoms with Gasteiger partial charge in [-0.3, -0.25) is 9.59 Å². The van der Waals surface area contributed by atoms with Gasteiger partial charge >= 0.3 is 0 Å². The van der Waals surface area contributed by atoms with Gasteiger partial charge in [0, 0.05) is 43.0 Å². The van der Waals surface area contributed by atoms with E-state index in [-0.39, 0.29) is 11.8 Å². The van der Waals surface area contributed by atoms with E-state index in [1.165, 1.54) is 5.56 Å². The van der Waals surface area contributed by atoms with Crippen molar-refractivity contribution in [2.45, 2.75) is 33.1 Å². The van der Waals surface area contributed by atoms with Gasteiger partial charge in [0.2, 0.25) is 0 Å². The third-order valence-corrected chi connectivity index (χ3v) is 6.56. The number of nitrogens with zero attached hydrogens (tertiary/aromatic N) is 4. The minimum absolute atomic E-state index is 0.0172. The molecule has 6 nitrogen and oxygen atoms in total. The van der Waals surface area contributed by atoms with Gasteiger partial charge in [-0.25, -0.2) is 4.68 Å². The molecule has 0 unspecified atom stereocenters. The normalized spacial score (nSPS) is 15.7. The molecular formula is C26H28N4O2. The van der Waals surface area contributed by atoms with Crippen LogP contribution in [0.5, 0.6) is 0 Å². The first-order valence-electron chi connectivity index (χ1n) is 11.3. The third kappa shape index (κ3) is 3.70. The number of hydrogen-bond donors (Lipinski definition) is 0. The second kappa shape index (κ2) is 8.26. The van der Waals surface area contributed by atoms with E-state index < -0.39 is 0 Å². The molecule has 2 amide bonds. The van der Waals surface area contributed by atoms with Crippen LogP contribution in [0.3, 0.4) is 0 Å². The largest absolute Gasteiger partial charge is 0.335 e. The SMILES string of the molecule is Cc1ccc(C(=O)N2CCN(C(=O)c3nn(-c4ccc(C)cc4)c4c3CCC4)CC2)cc1. The molecule has 1 aromatic heterocycles. The molecule has 164 valence electrons. The zero-order chi connectivity index (χ0) is 22.2. The van der Waals surface area contributed by atoms with Crippen molar-refractivity contribution in [3.8, 4) is 5.69 Å². The number of carbonyl (C=O) groups excluding carboxylic acids is 2. The average molecular weight is 429 g/mol. The molecule has 2 heterocycles.